The fourth-order valence-corrected chi connectivity index (χ4v) is 2.13. The molecule has 2 N–H and O–H groups in total. The summed E-state index contributed by atoms with van der Waals surface area (Å²) in [5.74, 6) is -0.464. The highest BCUT2D eigenvalue weighted by atomic mass is 16.5. The van der Waals surface area contributed by atoms with Crippen molar-refractivity contribution in [3.8, 4) is 0 Å². The molecule has 2 aromatic rings. The lowest BCUT2D eigenvalue weighted by atomic mass is 10.3. The van der Waals surface area contributed by atoms with Crippen LogP contribution in [0.15, 0.2) is 6.07 Å². The Morgan fingerprint density at radius 2 is 2.10 bits per heavy atom. The molecule has 21 heavy (non-hydrogen) atoms. The number of hydrogen-bond donors (Lipinski definition) is 1. The molecule has 0 aliphatic heterocycles. The van der Waals surface area contributed by atoms with Crippen molar-refractivity contribution in [3.05, 3.63) is 28.8 Å². The Bertz CT molecular complexity index is 657. The fourth-order valence-electron chi connectivity index (χ4n) is 2.13. The third-order valence-corrected chi connectivity index (χ3v) is 3.41. The maximum atomic E-state index is 12.2. The van der Waals surface area contributed by atoms with Crippen LogP contribution in [0.4, 0.5) is 5.69 Å². The molecule has 0 saturated heterocycles. The molecule has 2 heterocycles. The number of ether oxygens (including phenoxy) is 1. The van der Waals surface area contributed by atoms with Crippen LogP contribution in [-0.4, -0.2) is 25.5 Å². The SMILES string of the molecule is CCc1cc(COC(=O)c2c(N)c(C)nn2CC)n(C)n1. The van der Waals surface area contributed by atoms with Gasteiger partial charge in [-0.25, -0.2) is 4.79 Å². The molecular weight excluding hydrogens is 270 g/mol. The van der Waals surface area contributed by atoms with E-state index in [4.69, 9.17) is 10.5 Å². The second kappa shape index (κ2) is 5.99. The van der Waals surface area contributed by atoms with Gasteiger partial charge in [0.05, 0.1) is 22.8 Å². The Hall–Kier alpha value is -2.31. The van der Waals surface area contributed by atoms with Crippen LogP contribution in [0, 0.1) is 6.92 Å². The maximum absolute atomic E-state index is 12.2. The smallest absolute Gasteiger partial charge is 0.359 e. The summed E-state index contributed by atoms with van der Waals surface area (Å²) >= 11 is 0. The van der Waals surface area contributed by atoms with Gasteiger partial charge >= 0.3 is 5.97 Å². The van der Waals surface area contributed by atoms with Gasteiger partial charge in [-0.3, -0.25) is 9.36 Å². The number of rotatable bonds is 5. The minimum Gasteiger partial charge on any atom is -0.454 e. The minimum atomic E-state index is -0.464. The van der Waals surface area contributed by atoms with Crippen LogP contribution < -0.4 is 5.73 Å². The van der Waals surface area contributed by atoms with Gasteiger partial charge in [-0.05, 0) is 26.3 Å². The summed E-state index contributed by atoms with van der Waals surface area (Å²) in [6.07, 6.45) is 0.844. The van der Waals surface area contributed by atoms with E-state index >= 15 is 0 Å². The van der Waals surface area contributed by atoms with Gasteiger partial charge in [-0.1, -0.05) is 6.92 Å². The number of nitrogens with zero attached hydrogens (tertiary/aromatic N) is 4. The maximum Gasteiger partial charge on any atom is 0.359 e. The van der Waals surface area contributed by atoms with Crippen molar-refractivity contribution >= 4 is 11.7 Å². The predicted octanol–water partition coefficient (Wildman–Crippen LogP) is 1.45. The molecule has 114 valence electrons. The van der Waals surface area contributed by atoms with Gasteiger partial charge in [-0.15, -0.1) is 0 Å². The quantitative estimate of drug-likeness (QED) is 0.842. The van der Waals surface area contributed by atoms with E-state index in [0.717, 1.165) is 17.8 Å². The molecule has 0 spiro atoms. The number of aryl methyl sites for hydroxylation is 4. The molecule has 0 bridgehead atoms. The molecule has 7 heteroatoms. The van der Waals surface area contributed by atoms with Gasteiger partial charge in [0, 0.05) is 13.6 Å². The van der Waals surface area contributed by atoms with Crippen molar-refractivity contribution in [1.29, 1.82) is 0 Å². The van der Waals surface area contributed by atoms with E-state index in [1.165, 1.54) is 0 Å². The zero-order chi connectivity index (χ0) is 15.6. The second-order valence-corrected chi connectivity index (χ2v) is 4.84. The average Bonchev–Trinajstić information content (AvgIpc) is 2.97. The molecule has 0 saturated carbocycles. The summed E-state index contributed by atoms with van der Waals surface area (Å²) in [7, 11) is 1.83. The van der Waals surface area contributed by atoms with E-state index in [0.29, 0.717) is 23.6 Å². The van der Waals surface area contributed by atoms with Crippen molar-refractivity contribution in [1.82, 2.24) is 19.6 Å². The predicted molar refractivity (Wildman–Crippen MR) is 78.8 cm³/mol. The molecule has 0 aliphatic rings. The van der Waals surface area contributed by atoms with E-state index in [1.54, 1.807) is 16.3 Å². The first-order valence-electron chi connectivity index (χ1n) is 6.99. The van der Waals surface area contributed by atoms with Gasteiger partial charge < -0.3 is 10.5 Å². The Morgan fingerprint density at radius 1 is 1.38 bits per heavy atom. The first-order chi connectivity index (χ1) is 9.97. The first kappa shape index (κ1) is 15.1. The number of carbonyl (C=O) groups excluding carboxylic acids is 1. The number of nitrogen functional groups attached to an aromatic ring is 1. The normalized spacial score (nSPS) is 10.9. The van der Waals surface area contributed by atoms with Crippen LogP contribution in [0.5, 0.6) is 0 Å². The molecule has 2 rings (SSSR count). The van der Waals surface area contributed by atoms with E-state index in [1.807, 2.05) is 27.0 Å². The van der Waals surface area contributed by atoms with Crippen LogP contribution >= 0.6 is 0 Å². The summed E-state index contributed by atoms with van der Waals surface area (Å²) in [4.78, 5) is 12.2. The van der Waals surface area contributed by atoms with Crippen molar-refractivity contribution in [2.75, 3.05) is 5.73 Å². The third-order valence-electron chi connectivity index (χ3n) is 3.41. The molecule has 0 amide bonds. The van der Waals surface area contributed by atoms with Crippen molar-refractivity contribution < 1.29 is 9.53 Å². The van der Waals surface area contributed by atoms with Gasteiger partial charge in [0.25, 0.3) is 0 Å². The van der Waals surface area contributed by atoms with Gasteiger partial charge in [0.2, 0.25) is 0 Å². The highest BCUT2D eigenvalue weighted by molar-refractivity contribution is 5.93. The molecule has 7 nitrogen and oxygen atoms in total. The monoisotopic (exact) mass is 291 g/mol. The van der Waals surface area contributed by atoms with Gasteiger partial charge in [-0.2, -0.15) is 10.2 Å². The Kier molecular flexibility index (Phi) is 4.30. The highest BCUT2D eigenvalue weighted by Gasteiger charge is 2.21. The number of esters is 1. The number of hydrogen-bond acceptors (Lipinski definition) is 5. The zero-order valence-electron chi connectivity index (χ0n) is 12.9. The molecule has 0 aliphatic carbocycles. The Labute approximate surface area is 123 Å². The molecule has 0 aromatic carbocycles. The van der Waals surface area contributed by atoms with Crippen LogP contribution in [0.3, 0.4) is 0 Å². The molecule has 0 atom stereocenters. The summed E-state index contributed by atoms with van der Waals surface area (Å²) in [6, 6.07) is 1.93. The molecule has 2 aromatic heterocycles. The number of nitrogens with two attached hydrogens (primary N) is 1. The standard InChI is InChI=1S/C14H21N5O2/c1-5-10-7-11(18(4)17-10)8-21-14(20)13-12(15)9(3)16-19(13)6-2/h7H,5-6,8,15H2,1-4H3. The highest BCUT2D eigenvalue weighted by Crippen LogP contribution is 2.18. The number of aromatic nitrogens is 4. The minimum absolute atomic E-state index is 0.162. The second-order valence-electron chi connectivity index (χ2n) is 4.84. The fraction of sp³-hybridized carbons (Fsp3) is 0.500. The number of anilines is 1. The lowest BCUT2D eigenvalue weighted by molar-refractivity contribution is 0.0450. The largest absolute Gasteiger partial charge is 0.454 e. The lowest BCUT2D eigenvalue weighted by Gasteiger charge is -2.07. The lowest BCUT2D eigenvalue weighted by Crippen LogP contribution is -2.15. The molecule has 0 fully saturated rings. The molecule has 0 radical (unpaired) electrons. The summed E-state index contributed by atoms with van der Waals surface area (Å²) in [6.45, 7) is 6.43. The van der Waals surface area contributed by atoms with Crippen molar-refractivity contribution in [3.63, 3.8) is 0 Å². The molecule has 0 unspecified atom stereocenters. The third kappa shape index (κ3) is 2.91. The van der Waals surface area contributed by atoms with Crippen LogP contribution in [0.2, 0.25) is 0 Å². The molecular formula is C14H21N5O2. The summed E-state index contributed by atoms with van der Waals surface area (Å²) < 4.78 is 8.63. The van der Waals surface area contributed by atoms with E-state index in [9.17, 15) is 4.79 Å². The van der Waals surface area contributed by atoms with Crippen molar-refractivity contribution in [2.24, 2.45) is 7.05 Å². The summed E-state index contributed by atoms with van der Waals surface area (Å²) in [5.41, 5.74) is 9.04. The van der Waals surface area contributed by atoms with Gasteiger partial charge in [0.15, 0.2) is 5.69 Å². The van der Waals surface area contributed by atoms with Crippen LogP contribution in [0.25, 0.3) is 0 Å². The van der Waals surface area contributed by atoms with Crippen molar-refractivity contribution in [2.45, 2.75) is 40.3 Å². The average molecular weight is 291 g/mol. The van der Waals surface area contributed by atoms with E-state index in [2.05, 4.69) is 10.2 Å². The topological polar surface area (TPSA) is 88.0 Å². The van der Waals surface area contributed by atoms with E-state index < -0.39 is 5.97 Å². The number of carbonyl (C=O) groups is 1. The Balaban J connectivity index is 2.13. The zero-order valence-corrected chi connectivity index (χ0v) is 12.9. The van der Waals surface area contributed by atoms with Gasteiger partial charge in [0.1, 0.15) is 6.61 Å². The van der Waals surface area contributed by atoms with Crippen LogP contribution in [0.1, 0.15) is 41.4 Å². The van der Waals surface area contributed by atoms with E-state index in [-0.39, 0.29) is 6.61 Å². The summed E-state index contributed by atoms with van der Waals surface area (Å²) in [5, 5.41) is 8.53. The first-order valence-corrected chi connectivity index (χ1v) is 6.99. The Morgan fingerprint density at radius 3 is 2.67 bits per heavy atom. The van der Waals surface area contributed by atoms with Crippen LogP contribution in [-0.2, 0) is 31.4 Å².